The first kappa shape index (κ1) is 24.1. The van der Waals surface area contributed by atoms with Gasteiger partial charge in [-0.25, -0.2) is 14.8 Å². The molecule has 1 aromatic carbocycles. The lowest BCUT2D eigenvalue weighted by molar-refractivity contribution is -0.274. The van der Waals surface area contributed by atoms with Gasteiger partial charge in [-0.3, -0.25) is 0 Å². The van der Waals surface area contributed by atoms with Crippen molar-refractivity contribution in [3.8, 4) is 5.75 Å². The minimum absolute atomic E-state index is 0.137. The van der Waals surface area contributed by atoms with Gasteiger partial charge in [-0.15, -0.1) is 13.2 Å². The number of urea groups is 1. The number of aryl methyl sites for hydroxylation is 1. The van der Waals surface area contributed by atoms with Crippen LogP contribution in [0, 0.1) is 0 Å². The van der Waals surface area contributed by atoms with E-state index in [1.807, 2.05) is 0 Å². The molecular formula is C23H29F3N6O2. The number of fused-ring (bicyclic) bond motifs is 1. The quantitative estimate of drug-likeness (QED) is 0.687. The molecule has 2 amide bonds. The molecule has 1 fully saturated rings. The van der Waals surface area contributed by atoms with Gasteiger partial charge in [-0.2, -0.15) is 0 Å². The summed E-state index contributed by atoms with van der Waals surface area (Å²) in [5.41, 5.74) is 8.77. The van der Waals surface area contributed by atoms with Crippen LogP contribution in [0.15, 0.2) is 30.6 Å². The molecule has 1 aromatic heterocycles. The van der Waals surface area contributed by atoms with E-state index in [-0.39, 0.29) is 24.9 Å². The summed E-state index contributed by atoms with van der Waals surface area (Å²) < 4.78 is 41.0. The SMILES string of the molecule is C[C@@H]1CCc2ncnc(N3CCN(C(=O)N(CCN)Cc4ccc(OC(F)(F)F)cc4)CC3)c21. The number of nitrogens with two attached hydrogens (primary N) is 1. The fourth-order valence-electron chi connectivity index (χ4n) is 4.60. The van der Waals surface area contributed by atoms with E-state index in [2.05, 4.69) is 26.5 Å². The average Bonchev–Trinajstić information content (AvgIpc) is 3.20. The standard InChI is InChI=1S/C23H29F3N6O2/c1-16-2-7-19-20(16)21(29-15-28-19)30-10-12-31(13-11-30)22(33)32(9-8-27)14-17-3-5-18(6-4-17)34-23(24,25)26/h3-6,15-16H,2,7-14,27H2,1H3/t16-/m1/s1. The number of rotatable bonds is 6. The highest BCUT2D eigenvalue weighted by Gasteiger charge is 2.32. The minimum Gasteiger partial charge on any atom is -0.406 e. The maximum absolute atomic E-state index is 13.2. The van der Waals surface area contributed by atoms with Gasteiger partial charge in [0.1, 0.15) is 17.9 Å². The summed E-state index contributed by atoms with van der Waals surface area (Å²) in [7, 11) is 0. The van der Waals surface area contributed by atoms with E-state index in [0.717, 1.165) is 24.4 Å². The molecular weight excluding hydrogens is 449 g/mol. The Balaban J connectivity index is 1.38. The summed E-state index contributed by atoms with van der Waals surface area (Å²) >= 11 is 0. The molecule has 1 aliphatic heterocycles. The smallest absolute Gasteiger partial charge is 0.406 e. The summed E-state index contributed by atoms with van der Waals surface area (Å²) in [6.07, 6.45) is -1.06. The van der Waals surface area contributed by atoms with Crippen molar-refractivity contribution in [2.75, 3.05) is 44.2 Å². The van der Waals surface area contributed by atoms with Crippen LogP contribution >= 0.6 is 0 Å². The Morgan fingerprint density at radius 3 is 2.53 bits per heavy atom. The van der Waals surface area contributed by atoms with E-state index in [9.17, 15) is 18.0 Å². The molecule has 184 valence electrons. The number of carbonyl (C=O) groups excluding carboxylic acids is 1. The number of hydrogen-bond acceptors (Lipinski definition) is 6. The molecule has 1 saturated heterocycles. The Kier molecular flexibility index (Phi) is 7.11. The highest BCUT2D eigenvalue weighted by atomic mass is 19.4. The minimum atomic E-state index is -4.74. The van der Waals surface area contributed by atoms with Crippen molar-refractivity contribution in [1.29, 1.82) is 0 Å². The molecule has 0 bridgehead atoms. The van der Waals surface area contributed by atoms with E-state index < -0.39 is 6.36 Å². The Hall–Kier alpha value is -3.08. The van der Waals surface area contributed by atoms with E-state index in [0.29, 0.717) is 44.2 Å². The number of anilines is 1. The Morgan fingerprint density at radius 1 is 1.18 bits per heavy atom. The summed E-state index contributed by atoms with van der Waals surface area (Å²) in [6, 6.07) is 5.39. The fraction of sp³-hybridized carbons (Fsp3) is 0.522. The molecule has 0 saturated carbocycles. The number of benzene rings is 1. The second-order valence-electron chi connectivity index (χ2n) is 8.66. The highest BCUT2D eigenvalue weighted by Crippen LogP contribution is 2.37. The van der Waals surface area contributed by atoms with Crippen molar-refractivity contribution in [3.05, 3.63) is 47.4 Å². The average molecular weight is 479 g/mol. The number of aromatic nitrogens is 2. The lowest BCUT2D eigenvalue weighted by atomic mass is 10.1. The molecule has 1 aliphatic carbocycles. The van der Waals surface area contributed by atoms with Crippen LogP contribution in [0.1, 0.15) is 36.1 Å². The third kappa shape index (κ3) is 5.52. The lowest BCUT2D eigenvalue weighted by Gasteiger charge is -2.38. The Labute approximate surface area is 196 Å². The number of amides is 2. The molecule has 11 heteroatoms. The molecule has 2 aliphatic rings. The number of nitrogens with zero attached hydrogens (tertiary/aromatic N) is 5. The molecule has 0 unspecified atom stereocenters. The maximum atomic E-state index is 13.2. The van der Waals surface area contributed by atoms with Crippen molar-refractivity contribution in [2.45, 2.75) is 38.6 Å². The van der Waals surface area contributed by atoms with Gasteiger partial charge in [-0.05, 0) is 36.5 Å². The molecule has 34 heavy (non-hydrogen) atoms. The molecule has 2 aromatic rings. The van der Waals surface area contributed by atoms with E-state index in [4.69, 9.17) is 5.73 Å². The fourth-order valence-corrected chi connectivity index (χ4v) is 4.60. The van der Waals surface area contributed by atoms with Gasteiger partial charge < -0.3 is 25.2 Å². The second-order valence-corrected chi connectivity index (χ2v) is 8.66. The maximum Gasteiger partial charge on any atom is 0.573 e. The first-order valence-corrected chi connectivity index (χ1v) is 11.4. The molecule has 2 heterocycles. The number of halogens is 3. The van der Waals surface area contributed by atoms with Gasteiger partial charge in [0, 0.05) is 57.1 Å². The number of alkyl halides is 3. The van der Waals surface area contributed by atoms with Crippen LogP contribution in [-0.4, -0.2) is 71.4 Å². The zero-order chi connectivity index (χ0) is 24.3. The van der Waals surface area contributed by atoms with E-state index >= 15 is 0 Å². The van der Waals surface area contributed by atoms with Crippen LogP contribution in [-0.2, 0) is 13.0 Å². The van der Waals surface area contributed by atoms with Gasteiger partial charge in [0.2, 0.25) is 0 Å². The highest BCUT2D eigenvalue weighted by molar-refractivity contribution is 5.75. The number of ether oxygens (including phenoxy) is 1. The number of hydrogen-bond donors (Lipinski definition) is 1. The predicted octanol–water partition coefficient (Wildman–Crippen LogP) is 3.13. The molecule has 0 spiro atoms. The number of piperazine rings is 1. The van der Waals surface area contributed by atoms with Gasteiger partial charge >= 0.3 is 12.4 Å². The summed E-state index contributed by atoms with van der Waals surface area (Å²) in [4.78, 5) is 27.8. The summed E-state index contributed by atoms with van der Waals surface area (Å²) in [6.45, 7) is 5.51. The molecule has 2 N–H and O–H groups in total. The zero-order valence-electron chi connectivity index (χ0n) is 19.1. The topological polar surface area (TPSA) is 87.8 Å². The molecule has 8 nitrogen and oxygen atoms in total. The van der Waals surface area contributed by atoms with Crippen LogP contribution in [0.3, 0.4) is 0 Å². The van der Waals surface area contributed by atoms with Crippen LogP contribution in [0.25, 0.3) is 0 Å². The van der Waals surface area contributed by atoms with Crippen molar-refractivity contribution in [1.82, 2.24) is 19.8 Å². The van der Waals surface area contributed by atoms with Crippen LogP contribution in [0.4, 0.5) is 23.8 Å². The molecule has 1 atom stereocenters. The summed E-state index contributed by atoms with van der Waals surface area (Å²) in [5.74, 6) is 1.11. The summed E-state index contributed by atoms with van der Waals surface area (Å²) in [5, 5.41) is 0. The van der Waals surface area contributed by atoms with Crippen LogP contribution in [0.5, 0.6) is 5.75 Å². The van der Waals surface area contributed by atoms with Crippen molar-refractivity contribution >= 4 is 11.8 Å². The lowest BCUT2D eigenvalue weighted by Crippen LogP contribution is -2.53. The van der Waals surface area contributed by atoms with Gasteiger partial charge in [0.15, 0.2) is 0 Å². The van der Waals surface area contributed by atoms with E-state index in [1.54, 1.807) is 16.1 Å². The van der Waals surface area contributed by atoms with Crippen molar-refractivity contribution < 1.29 is 22.7 Å². The van der Waals surface area contributed by atoms with Crippen LogP contribution in [0.2, 0.25) is 0 Å². The number of carbonyl (C=O) groups is 1. The largest absolute Gasteiger partial charge is 0.573 e. The molecule has 4 rings (SSSR count). The van der Waals surface area contributed by atoms with Crippen molar-refractivity contribution in [2.24, 2.45) is 5.73 Å². The second kappa shape index (κ2) is 10.0. The first-order chi connectivity index (χ1) is 16.2. The van der Waals surface area contributed by atoms with Gasteiger partial charge in [0.25, 0.3) is 0 Å². The first-order valence-electron chi connectivity index (χ1n) is 11.4. The van der Waals surface area contributed by atoms with Gasteiger partial charge in [-0.1, -0.05) is 19.1 Å². The normalized spacial score (nSPS) is 18.1. The Morgan fingerprint density at radius 2 is 1.88 bits per heavy atom. The predicted molar refractivity (Wildman–Crippen MR) is 121 cm³/mol. The van der Waals surface area contributed by atoms with Crippen LogP contribution < -0.4 is 15.4 Å². The Bertz CT molecular complexity index is 993. The van der Waals surface area contributed by atoms with E-state index in [1.165, 1.54) is 29.8 Å². The van der Waals surface area contributed by atoms with Crippen molar-refractivity contribution in [3.63, 3.8) is 0 Å². The molecule has 0 radical (unpaired) electrons. The monoisotopic (exact) mass is 478 g/mol. The third-order valence-corrected chi connectivity index (χ3v) is 6.30. The zero-order valence-corrected chi connectivity index (χ0v) is 19.1. The van der Waals surface area contributed by atoms with Gasteiger partial charge in [0.05, 0.1) is 0 Å². The third-order valence-electron chi connectivity index (χ3n) is 6.30.